The summed E-state index contributed by atoms with van der Waals surface area (Å²) in [5, 5.41) is 12.4. The molecular weight excluding hydrogens is 258 g/mol. The zero-order valence-electron chi connectivity index (χ0n) is 11.3. The second-order valence-corrected chi connectivity index (χ2v) is 5.05. The van der Waals surface area contributed by atoms with Crippen LogP contribution < -0.4 is 15.1 Å². The molecule has 2 N–H and O–H groups in total. The van der Waals surface area contributed by atoms with Crippen molar-refractivity contribution in [2.45, 2.75) is 6.10 Å². The van der Waals surface area contributed by atoms with Crippen LogP contribution in [0.4, 0.5) is 16.2 Å². The van der Waals surface area contributed by atoms with E-state index in [1.807, 2.05) is 24.3 Å². The SMILES string of the molecule is O=C1OC(CO)CN1c1ccc(N2CCNCC2)cc1. The number of nitrogens with zero attached hydrogens (tertiary/aromatic N) is 2. The molecule has 0 radical (unpaired) electrons. The largest absolute Gasteiger partial charge is 0.441 e. The molecule has 3 rings (SSSR count). The normalized spacial score (nSPS) is 23.1. The van der Waals surface area contributed by atoms with Crippen molar-refractivity contribution < 1.29 is 14.6 Å². The number of aliphatic hydroxyl groups excluding tert-OH is 1. The van der Waals surface area contributed by atoms with Crippen molar-refractivity contribution in [3.8, 4) is 0 Å². The van der Waals surface area contributed by atoms with E-state index in [2.05, 4.69) is 10.2 Å². The number of benzene rings is 1. The number of carbonyl (C=O) groups excluding carboxylic acids is 1. The summed E-state index contributed by atoms with van der Waals surface area (Å²) in [6.07, 6.45) is -0.811. The quantitative estimate of drug-likeness (QED) is 0.838. The lowest BCUT2D eigenvalue weighted by Crippen LogP contribution is -2.43. The number of amides is 1. The topological polar surface area (TPSA) is 65.0 Å². The fourth-order valence-electron chi connectivity index (χ4n) is 2.59. The fraction of sp³-hybridized carbons (Fsp3) is 0.500. The van der Waals surface area contributed by atoms with Crippen molar-refractivity contribution in [3.63, 3.8) is 0 Å². The van der Waals surface area contributed by atoms with E-state index in [0.29, 0.717) is 6.54 Å². The van der Waals surface area contributed by atoms with Gasteiger partial charge in [0.1, 0.15) is 6.10 Å². The number of piperazine rings is 1. The Kier molecular flexibility index (Phi) is 3.75. The van der Waals surface area contributed by atoms with Crippen LogP contribution in [0.3, 0.4) is 0 Å². The molecule has 6 heteroatoms. The number of ether oxygens (including phenoxy) is 1. The van der Waals surface area contributed by atoms with E-state index in [1.165, 1.54) is 5.69 Å². The molecule has 0 bridgehead atoms. The van der Waals surface area contributed by atoms with Crippen molar-refractivity contribution in [2.75, 3.05) is 49.1 Å². The fourth-order valence-corrected chi connectivity index (χ4v) is 2.59. The van der Waals surface area contributed by atoms with Crippen LogP contribution in [0.15, 0.2) is 24.3 Å². The van der Waals surface area contributed by atoms with Crippen molar-refractivity contribution in [3.05, 3.63) is 24.3 Å². The third kappa shape index (κ3) is 2.57. The van der Waals surface area contributed by atoms with E-state index < -0.39 is 6.10 Å². The second-order valence-electron chi connectivity index (χ2n) is 5.05. The van der Waals surface area contributed by atoms with E-state index in [4.69, 9.17) is 9.84 Å². The van der Waals surface area contributed by atoms with Gasteiger partial charge in [-0.2, -0.15) is 0 Å². The van der Waals surface area contributed by atoms with Crippen molar-refractivity contribution in [2.24, 2.45) is 0 Å². The summed E-state index contributed by atoms with van der Waals surface area (Å²) in [5.41, 5.74) is 1.98. The zero-order chi connectivity index (χ0) is 13.9. The highest BCUT2D eigenvalue weighted by atomic mass is 16.6. The van der Waals surface area contributed by atoms with Crippen LogP contribution in [-0.2, 0) is 4.74 Å². The molecule has 1 unspecified atom stereocenters. The standard InChI is InChI=1S/C14H19N3O3/c18-10-13-9-17(14(19)20-13)12-3-1-11(2-4-12)16-7-5-15-6-8-16/h1-4,13,15,18H,5-10H2. The summed E-state index contributed by atoms with van der Waals surface area (Å²) in [7, 11) is 0. The van der Waals surface area contributed by atoms with E-state index in [0.717, 1.165) is 31.9 Å². The Balaban J connectivity index is 1.71. The molecule has 6 nitrogen and oxygen atoms in total. The lowest BCUT2D eigenvalue weighted by Gasteiger charge is -2.29. The molecular formula is C14H19N3O3. The van der Waals surface area contributed by atoms with Crippen LogP contribution in [-0.4, -0.2) is 56.6 Å². The third-order valence-corrected chi connectivity index (χ3v) is 3.72. The van der Waals surface area contributed by atoms with Crippen LogP contribution in [0, 0.1) is 0 Å². The molecule has 2 aliphatic heterocycles. The van der Waals surface area contributed by atoms with Crippen molar-refractivity contribution >= 4 is 17.5 Å². The number of hydrogen-bond donors (Lipinski definition) is 2. The molecule has 1 amide bonds. The summed E-state index contributed by atoms with van der Waals surface area (Å²) >= 11 is 0. The van der Waals surface area contributed by atoms with Crippen LogP contribution in [0.25, 0.3) is 0 Å². The Morgan fingerprint density at radius 3 is 2.45 bits per heavy atom. The van der Waals surface area contributed by atoms with E-state index in [9.17, 15) is 4.79 Å². The lowest BCUT2D eigenvalue weighted by molar-refractivity contribution is 0.0963. The predicted octanol–water partition coefficient (Wildman–Crippen LogP) is 0.414. The zero-order valence-corrected chi connectivity index (χ0v) is 11.3. The molecule has 20 heavy (non-hydrogen) atoms. The average molecular weight is 277 g/mol. The van der Waals surface area contributed by atoms with Gasteiger partial charge >= 0.3 is 6.09 Å². The molecule has 0 spiro atoms. The predicted molar refractivity (Wildman–Crippen MR) is 76.2 cm³/mol. The Labute approximate surface area is 117 Å². The summed E-state index contributed by atoms with van der Waals surface area (Å²) in [4.78, 5) is 15.6. The number of aliphatic hydroxyl groups is 1. The van der Waals surface area contributed by atoms with Gasteiger partial charge < -0.3 is 20.1 Å². The van der Waals surface area contributed by atoms with Crippen LogP contribution in [0.5, 0.6) is 0 Å². The van der Waals surface area contributed by atoms with Crippen molar-refractivity contribution in [1.82, 2.24) is 5.32 Å². The molecule has 108 valence electrons. The van der Waals surface area contributed by atoms with Gasteiger partial charge in [0, 0.05) is 37.6 Å². The molecule has 2 saturated heterocycles. The molecule has 0 aliphatic carbocycles. The monoisotopic (exact) mass is 277 g/mol. The van der Waals surface area contributed by atoms with Gasteiger partial charge in [-0.1, -0.05) is 0 Å². The van der Waals surface area contributed by atoms with Crippen LogP contribution >= 0.6 is 0 Å². The number of nitrogens with one attached hydrogen (secondary N) is 1. The van der Waals surface area contributed by atoms with Gasteiger partial charge in [-0.25, -0.2) is 4.79 Å². The molecule has 0 saturated carbocycles. The number of rotatable bonds is 3. The first kappa shape index (κ1) is 13.2. The van der Waals surface area contributed by atoms with Gasteiger partial charge in [-0.05, 0) is 24.3 Å². The van der Waals surface area contributed by atoms with Gasteiger partial charge in [-0.15, -0.1) is 0 Å². The number of cyclic esters (lactones) is 1. The number of hydrogen-bond acceptors (Lipinski definition) is 5. The van der Waals surface area contributed by atoms with Gasteiger partial charge in [0.05, 0.1) is 13.2 Å². The molecule has 1 aromatic rings. The third-order valence-electron chi connectivity index (χ3n) is 3.72. The first-order valence-corrected chi connectivity index (χ1v) is 6.92. The van der Waals surface area contributed by atoms with Crippen molar-refractivity contribution in [1.29, 1.82) is 0 Å². The first-order valence-electron chi connectivity index (χ1n) is 6.92. The van der Waals surface area contributed by atoms with Crippen LogP contribution in [0.2, 0.25) is 0 Å². The maximum Gasteiger partial charge on any atom is 0.414 e. The average Bonchev–Trinajstić information content (AvgIpc) is 2.89. The minimum Gasteiger partial charge on any atom is -0.441 e. The molecule has 1 atom stereocenters. The lowest BCUT2D eigenvalue weighted by atomic mass is 10.2. The summed E-state index contributed by atoms with van der Waals surface area (Å²) in [5.74, 6) is 0. The first-order chi connectivity index (χ1) is 9.78. The molecule has 2 fully saturated rings. The van der Waals surface area contributed by atoms with Gasteiger partial charge in [0.15, 0.2) is 0 Å². The highest BCUT2D eigenvalue weighted by Crippen LogP contribution is 2.24. The van der Waals surface area contributed by atoms with E-state index in [1.54, 1.807) is 4.90 Å². The Hall–Kier alpha value is -1.79. The van der Waals surface area contributed by atoms with Gasteiger partial charge in [-0.3, -0.25) is 4.90 Å². The van der Waals surface area contributed by atoms with E-state index in [-0.39, 0.29) is 12.7 Å². The maximum atomic E-state index is 11.7. The summed E-state index contributed by atoms with van der Waals surface area (Å²) < 4.78 is 5.04. The molecule has 0 aromatic heterocycles. The van der Waals surface area contributed by atoms with Crippen LogP contribution in [0.1, 0.15) is 0 Å². The summed E-state index contributed by atoms with van der Waals surface area (Å²) in [6, 6.07) is 7.91. The molecule has 2 heterocycles. The number of anilines is 2. The Bertz CT molecular complexity index is 471. The Morgan fingerprint density at radius 2 is 1.85 bits per heavy atom. The summed E-state index contributed by atoms with van der Waals surface area (Å²) in [6.45, 7) is 4.26. The highest BCUT2D eigenvalue weighted by molar-refractivity contribution is 5.90. The second kappa shape index (κ2) is 5.68. The minimum absolute atomic E-state index is 0.138. The highest BCUT2D eigenvalue weighted by Gasteiger charge is 2.31. The molecule has 1 aromatic carbocycles. The Morgan fingerprint density at radius 1 is 1.20 bits per heavy atom. The maximum absolute atomic E-state index is 11.7. The minimum atomic E-state index is -0.421. The number of carbonyl (C=O) groups is 1. The molecule has 2 aliphatic rings. The van der Waals surface area contributed by atoms with Gasteiger partial charge in [0.2, 0.25) is 0 Å². The van der Waals surface area contributed by atoms with E-state index >= 15 is 0 Å². The van der Waals surface area contributed by atoms with Gasteiger partial charge in [0.25, 0.3) is 0 Å². The smallest absolute Gasteiger partial charge is 0.414 e.